The number of nitrogens with zero attached hydrogens (tertiary/aromatic N) is 1. The molecule has 1 fully saturated rings. The summed E-state index contributed by atoms with van der Waals surface area (Å²) in [6.45, 7) is 4.45. The van der Waals surface area contributed by atoms with Crippen LogP contribution in [0.2, 0.25) is 0 Å². The first-order valence-corrected chi connectivity index (χ1v) is 8.61. The van der Waals surface area contributed by atoms with Crippen molar-refractivity contribution in [2.45, 2.75) is 44.8 Å². The molecule has 1 saturated heterocycles. The molecular weight excluding hydrogens is 298 g/mol. The van der Waals surface area contributed by atoms with E-state index in [4.69, 9.17) is 0 Å². The summed E-state index contributed by atoms with van der Waals surface area (Å²) in [5.74, 6) is 0.101. The molecule has 2 aromatic rings. The van der Waals surface area contributed by atoms with E-state index in [1.54, 1.807) is 0 Å². The molecule has 1 amide bonds. The average molecular weight is 323 g/mol. The minimum absolute atomic E-state index is 0.101. The van der Waals surface area contributed by atoms with Gasteiger partial charge >= 0.3 is 0 Å². The Bertz CT molecular complexity index is 686. The molecule has 0 unspecified atom stereocenters. The summed E-state index contributed by atoms with van der Waals surface area (Å²) in [6.07, 6.45) is 2.55. The Morgan fingerprint density at radius 1 is 1.12 bits per heavy atom. The molecule has 3 nitrogen and oxygen atoms in total. The molecular formula is C21H25NO2. The van der Waals surface area contributed by atoms with E-state index in [-0.39, 0.29) is 11.9 Å². The molecule has 0 saturated carbocycles. The largest absolute Gasteiger partial charge is 0.390 e. The molecule has 0 bridgehead atoms. The Balaban J connectivity index is 1.65. The van der Waals surface area contributed by atoms with Crippen LogP contribution in [-0.2, 0) is 6.42 Å². The normalized spacial score (nSPS) is 17.5. The summed E-state index contributed by atoms with van der Waals surface area (Å²) in [6, 6.07) is 18.2. The van der Waals surface area contributed by atoms with Crippen LogP contribution in [0.5, 0.6) is 0 Å². The molecule has 1 N–H and O–H groups in total. The van der Waals surface area contributed by atoms with E-state index in [0.717, 1.165) is 30.5 Å². The Kier molecular flexibility index (Phi) is 4.72. The van der Waals surface area contributed by atoms with E-state index in [1.165, 1.54) is 5.56 Å². The first-order valence-electron chi connectivity index (χ1n) is 8.61. The van der Waals surface area contributed by atoms with Gasteiger partial charge in [-0.15, -0.1) is 0 Å². The SMILES string of the molecule is CC(C)(O)CCc1ccc(C(=O)N2CC[C@@H]2c2ccccc2)cc1. The second-order valence-electron chi connectivity index (χ2n) is 7.22. The highest BCUT2D eigenvalue weighted by Crippen LogP contribution is 2.34. The van der Waals surface area contributed by atoms with Crippen LogP contribution < -0.4 is 0 Å². The highest BCUT2D eigenvalue weighted by molar-refractivity contribution is 5.95. The van der Waals surface area contributed by atoms with Gasteiger partial charge in [-0.25, -0.2) is 0 Å². The van der Waals surface area contributed by atoms with Crippen LogP contribution in [0.1, 0.15) is 54.2 Å². The van der Waals surface area contributed by atoms with Crippen molar-refractivity contribution in [1.82, 2.24) is 4.90 Å². The number of aryl methyl sites for hydroxylation is 1. The Labute approximate surface area is 143 Å². The predicted octanol–water partition coefficient (Wildman–Crippen LogP) is 3.98. The maximum absolute atomic E-state index is 12.7. The number of hydrogen-bond acceptors (Lipinski definition) is 2. The van der Waals surface area contributed by atoms with Crippen molar-refractivity contribution in [3.8, 4) is 0 Å². The maximum Gasteiger partial charge on any atom is 0.254 e. The van der Waals surface area contributed by atoms with Gasteiger partial charge in [0.15, 0.2) is 0 Å². The van der Waals surface area contributed by atoms with Gasteiger partial charge in [-0.2, -0.15) is 0 Å². The quantitative estimate of drug-likeness (QED) is 0.904. The van der Waals surface area contributed by atoms with Gasteiger partial charge in [-0.3, -0.25) is 4.79 Å². The van der Waals surface area contributed by atoms with E-state index in [1.807, 2.05) is 61.2 Å². The number of aliphatic hydroxyl groups is 1. The fourth-order valence-electron chi connectivity index (χ4n) is 3.08. The van der Waals surface area contributed by atoms with Crippen LogP contribution in [0.25, 0.3) is 0 Å². The third-order valence-electron chi connectivity index (χ3n) is 4.69. The van der Waals surface area contributed by atoms with Crippen molar-refractivity contribution in [2.24, 2.45) is 0 Å². The second-order valence-corrected chi connectivity index (χ2v) is 7.22. The van der Waals surface area contributed by atoms with Crippen LogP contribution in [0.3, 0.4) is 0 Å². The summed E-state index contributed by atoms with van der Waals surface area (Å²) < 4.78 is 0. The molecule has 1 heterocycles. The van der Waals surface area contributed by atoms with Gasteiger partial charge in [0.1, 0.15) is 0 Å². The van der Waals surface area contributed by atoms with Crippen LogP contribution in [-0.4, -0.2) is 28.1 Å². The highest BCUT2D eigenvalue weighted by atomic mass is 16.3. The predicted molar refractivity (Wildman–Crippen MR) is 95.9 cm³/mol. The fraction of sp³-hybridized carbons (Fsp3) is 0.381. The lowest BCUT2D eigenvalue weighted by molar-refractivity contribution is 0.0460. The molecule has 3 heteroatoms. The van der Waals surface area contributed by atoms with Crippen LogP contribution in [0.4, 0.5) is 0 Å². The van der Waals surface area contributed by atoms with Gasteiger partial charge in [0.25, 0.3) is 5.91 Å². The smallest absolute Gasteiger partial charge is 0.254 e. The van der Waals surface area contributed by atoms with E-state index < -0.39 is 5.60 Å². The van der Waals surface area contributed by atoms with Crippen molar-refractivity contribution in [3.63, 3.8) is 0 Å². The van der Waals surface area contributed by atoms with Gasteiger partial charge < -0.3 is 10.0 Å². The number of carbonyl (C=O) groups is 1. The number of amides is 1. The lowest BCUT2D eigenvalue weighted by Gasteiger charge is -2.41. The molecule has 2 aromatic carbocycles. The van der Waals surface area contributed by atoms with Crippen molar-refractivity contribution >= 4 is 5.91 Å². The number of hydrogen-bond donors (Lipinski definition) is 1. The monoisotopic (exact) mass is 323 g/mol. The molecule has 24 heavy (non-hydrogen) atoms. The first kappa shape index (κ1) is 16.7. The highest BCUT2D eigenvalue weighted by Gasteiger charge is 2.33. The van der Waals surface area contributed by atoms with Gasteiger partial charge in [-0.1, -0.05) is 42.5 Å². The molecule has 0 aliphatic carbocycles. The van der Waals surface area contributed by atoms with Crippen molar-refractivity contribution in [2.75, 3.05) is 6.54 Å². The fourth-order valence-corrected chi connectivity index (χ4v) is 3.08. The van der Waals surface area contributed by atoms with Crippen molar-refractivity contribution in [1.29, 1.82) is 0 Å². The van der Waals surface area contributed by atoms with Crippen LogP contribution in [0, 0.1) is 0 Å². The minimum Gasteiger partial charge on any atom is -0.390 e. The third-order valence-corrected chi connectivity index (χ3v) is 4.69. The molecule has 126 valence electrons. The van der Waals surface area contributed by atoms with E-state index >= 15 is 0 Å². The third kappa shape index (κ3) is 3.85. The lowest BCUT2D eigenvalue weighted by Crippen LogP contribution is -2.45. The number of rotatable bonds is 5. The van der Waals surface area contributed by atoms with Crippen LogP contribution >= 0.6 is 0 Å². The van der Waals surface area contributed by atoms with Gasteiger partial charge in [0.05, 0.1) is 11.6 Å². The van der Waals surface area contributed by atoms with E-state index in [9.17, 15) is 9.90 Å². The summed E-state index contributed by atoms with van der Waals surface area (Å²) in [5.41, 5.74) is 2.44. The average Bonchev–Trinajstić information content (AvgIpc) is 2.53. The molecule has 1 aliphatic rings. The number of likely N-dealkylation sites (tertiary alicyclic amines) is 1. The van der Waals surface area contributed by atoms with Gasteiger partial charge in [0, 0.05) is 12.1 Å². The second kappa shape index (κ2) is 6.78. The Morgan fingerprint density at radius 3 is 2.33 bits per heavy atom. The zero-order valence-corrected chi connectivity index (χ0v) is 14.4. The van der Waals surface area contributed by atoms with Crippen molar-refractivity contribution < 1.29 is 9.90 Å². The first-order chi connectivity index (χ1) is 11.4. The van der Waals surface area contributed by atoms with E-state index in [0.29, 0.717) is 6.42 Å². The molecule has 0 spiro atoms. The molecule has 0 aromatic heterocycles. The summed E-state index contributed by atoms with van der Waals surface area (Å²) in [4.78, 5) is 14.7. The lowest BCUT2D eigenvalue weighted by atomic mass is 9.93. The summed E-state index contributed by atoms with van der Waals surface area (Å²) in [5, 5.41) is 9.81. The van der Waals surface area contributed by atoms with Crippen molar-refractivity contribution in [3.05, 3.63) is 71.3 Å². The van der Waals surface area contributed by atoms with Gasteiger partial charge in [-0.05, 0) is 56.4 Å². The molecule has 0 radical (unpaired) electrons. The number of carbonyl (C=O) groups excluding carboxylic acids is 1. The molecule has 1 aliphatic heterocycles. The Morgan fingerprint density at radius 2 is 1.79 bits per heavy atom. The standard InChI is InChI=1S/C21H25NO2/c1-21(2,24)14-12-16-8-10-18(11-9-16)20(23)22-15-13-19(22)17-6-4-3-5-7-17/h3-11,19,24H,12-15H2,1-2H3/t19-/m1/s1. The molecule has 3 rings (SSSR count). The van der Waals surface area contributed by atoms with Gasteiger partial charge in [0.2, 0.25) is 0 Å². The zero-order chi connectivity index (χ0) is 17.2. The topological polar surface area (TPSA) is 40.5 Å². The zero-order valence-electron chi connectivity index (χ0n) is 14.4. The minimum atomic E-state index is -0.658. The van der Waals surface area contributed by atoms with Crippen LogP contribution in [0.15, 0.2) is 54.6 Å². The maximum atomic E-state index is 12.7. The Hall–Kier alpha value is -2.13. The number of benzene rings is 2. The summed E-state index contributed by atoms with van der Waals surface area (Å²) >= 11 is 0. The van der Waals surface area contributed by atoms with E-state index in [2.05, 4.69) is 12.1 Å². The summed E-state index contributed by atoms with van der Waals surface area (Å²) in [7, 11) is 0. The molecule has 1 atom stereocenters.